The fourth-order valence-electron chi connectivity index (χ4n) is 13.7. The van der Waals surface area contributed by atoms with Crippen molar-refractivity contribution in [3.05, 3.63) is 11.6 Å². The van der Waals surface area contributed by atoms with E-state index in [9.17, 15) is 35.1 Å². The van der Waals surface area contributed by atoms with Gasteiger partial charge in [0.2, 0.25) is 0 Å². The van der Waals surface area contributed by atoms with Gasteiger partial charge in [-0.25, -0.2) is 4.79 Å². The van der Waals surface area contributed by atoms with Gasteiger partial charge in [0, 0.05) is 0 Å². The van der Waals surface area contributed by atoms with Crippen LogP contribution in [0.15, 0.2) is 11.6 Å². The summed E-state index contributed by atoms with van der Waals surface area (Å²) in [6, 6.07) is 0. The van der Waals surface area contributed by atoms with E-state index in [-0.39, 0.29) is 46.1 Å². The monoisotopic (exact) mass is 792 g/mol. The lowest BCUT2D eigenvalue weighted by Crippen LogP contribution is -2.67. The van der Waals surface area contributed by atoms with E-state index in [1.165, 1.54) is 5.57 Å². The molecule has 7 aliphatic rings. The van der Waals surface area contributed by atoms with Crippen LogP contribution < -0.4 is 0 Å². The minimum Gasteiger partial charge on any atom is -0.469 e. The first-order valence-corrected chi connectivity index (χ1v) is 21.0. The lowest BCUT2D eigenvalue weighted by molar-refractivity contribution is -0.357. The highest BCUT2D eigenvalue weighted by Gasteiger charge is 2.70. The van der Waals surface area contributed by atoms with Crippen molar-refractivity contribution in [2.75, 3.05) is 20.8 Å². The number of carbonyl (C=O) groups excluding carboxylic acids is 2. The molecule has 318 valence electrons. The smallest absolute Gasteiger partial charge is 0.337 e. The second-order valence-corrected chi connectivity index (χ2v) is 20.6. The number of aliphatic hydroxyl groups excluding tert-OH is 5. The molecule has 0 aromatic carbocycles. The van der Waals surface area contributed by atoms with Crippen molar-refractivity contribution in [1.82, 2.24) is 0 Å². The van der Waals surface area contributed by atoms with Crippen LogP contribution in [0.3, 0.4) is 0 Å². The summed E-state index contributed by atoms with van der Waals surface area (Å²) in [5.74, 6) is -0.109. The number of hydrogen-bond donors (Lipinski definition) is 5. The molecule has 0 radical (unpaired) electrons. The van der Waals surface area contributed by atoms with Crippen LogP contribution in [0.25, 0.3) is 0 Å². The SMILES string of the molecule is COC(=O)[C@H]1O[C@@H](O[C@H]2CC[C@]3(C)[C@H]4CC=C5[C@@H]6CC(C)(C)CC[C@]6(C(=O)OC)CC[C@@]5(C)[C@]4(C)CC[C@H]3C2(C)C)[C@H](O)[C@@H](O[C@@H]2OC[C@H](O)[C@H](O)[C@H]2O)[C@@H]1O. The molecule has 0 aromatic rings. The molecule has 13 nitrogen and oxygen atoms in total. The molecule has 0 aromatic heterocycles. The molecule has 2 heterocycles. The van der Waals surface area contributed by atoms with Crippen LogP contribution in [-0.4, -0.2) is 120 Å². The Balaban J connectivity index is 1.14. The Morgan fingerprint density at radius 3 is 2.12 bits per heavy atom. The third kappa shape index (κ3) is 6.26. The summed E-state index contributed by atoms with van der Waals surface area (Å²) < 4.78 is 34.3. The molecule has 4 saturated carbocycles. The van der Waals surface area contributed by atoms with Gasteiger partial charge in [0.25, 0.3) is 0 Å². The van der Waals surface area contributed by atoms with Gasteiger partial charge in [0.15, 0.2) is 18.7 Å². The molecular weight excluding hydrogens is 724 g/mol. The van der Waals surface area contributed by atoms with Gasteiger partial charge in [-0.05, 0) is 109 Å². The maximum absolute atomic E-state index is 13.6. The highest BCUT2D eigenvalue weighted by molar-refractivity contribution is 5.78. The summed E-state index contributed by atoms with van der Waals surface area (Å²) in [7, 11) is 2.70. The Hall–Kier alpha value is -1.68. The zero-order valence-corrected chi connectivity index (χ0v) is 34.9. The normalized spacial score (nSPS) is 50.9. The summed E-state index contributed by atoms with van der Waals surface area (Å²) in [5, 5.41) is 53.5. The molecule has 56 heavy (non-hydrogen) atoms. The maximum Gasteiger partial charge on any atom is 0.337 e. The second-order valence-electron chi connectivity index (χ2n) is 20.6. The van der Waals surface area contributed by atoms with E-state index in [0.717, 1.165) is 64.9 Å². The number of allylic oxidation sites excluding steroid dienone is 2. The highest BCUT2D eigenvalue weighted by atomic mass is 16.7. The van der Waals surface area contributed by atoms with Gasteiger partial charge < -0.3 is 54.0 Å². The number of carbonyl (C=O) groups is 2. The van der Waals surface area contributed by atoms with Gasteiger partial charge in [0.1, 0.15) is 36.6 Å². The van der Waals surface area contributed by atoms with Gasteiger partial charge >= 0.3 is 11.9 Å². The van der Waals surface area contributed by atoms with Crippen molar-refractivity contribution in [2.24, 2.45) is 50.2 Å². The fourth-order valence-corrected chi connectivity index (χ4v) is 13.7. The summed E-state index contributed by atoms with van der Waals surface area (Å²) in [6.07, 6.45) is -2.62. The van der Waals surface area contributed by atoms with E-state index in [1.54, 1.807) is 7.11 Å². The molecule has 13 heteroatoms. The Morgan fingerprint density at radius 2 is 1.45 bits per heavy atom. The van der Waals surface area contributed by atoms with Crippen LogP contribution in [0, 0.1) is 50.2 Å². The number of hydrogen-bond acceptors (Lipinski definition) is 13. The minimum atomic E-state index is -1.72. The number of aliphatic hydroxyl groups is 5. The van der Waals surface area contributed by atoms with Gasteiger partial charge in [-0.15, -0.1) is 0 Å². The third-order valence-corrected chi connectivity index (χ3v) is 17.2. The first-order valence-electron chi connectivity index (χ1n) is 21.0. The van der Waals surface area contributed by atoms with Crippen LogP contribution in [-0.2, 0) is 38.0 Å². The van der Waals surface area contributed by atoms with Gasteiger partial charge in [-0.3, -0.25) is 4.79 Å². The van der Waals surface area contributed by atoms with Crippen LogP contribution in [0.4, 0.5) is 0 Å². The Morgan fingerprint density at radius 1 is 0.750 bits per heavy atom. The Kier molecular flexibility index (Phi) is 11.0. The van der Waals surface area contributed by atoms with Crippen molar-refractivity contribution < 1.29 is 63.5 Å². The van der Waals surface area contributed by atoms with E-state index in [4.69, 9.17) is 28.4 Å². The van der Waals surface area contributed by atoms with Crippen molar-refractivity contribution in [1.29, 1.82) is 0 Å². The zero-order chi connectivity index (χ0) is 41.0. The number of esters is 2. The minimum absolute atomic E-state index is 0.0163. The summed E-state index contributed by atoms with van der Waals surface area (Å²) in [6.45, 7) is 16.3. The van der Waals surface area contributed by atoms with Gasteiger partial charge in [0.05, 0.1) is 32.3 Å². The van der Waals surface area contributed by atoms with Crippen molar-refractivity contribution in [3.63, 3.8) is 0 Å². The van der Waals surface area contributed by atoms with E-state index >= 15 is 0 Å². The molecule has 5 N–H and O–H groups in total. The molecule has 6 fully saturated rings. The number of rotatable bonds is 6. The van der Waals surface area contributed by atoms with E-state index in [1.807, 2.05) is 0 Å². The average molecular weight is 793 g/mol. The van der Waals surface area contributed by atoms with Crippen LogP contribution in [0.2, 0.25) is 0 Å². The van der Waals surface area contributed by atoms with Gasteiger partial charge in [-0.2, -0.15) is 0 Å². The first kappa shape index (κ1) is 42.4. The van der Waals surface area contributed by atoms with Crippen LogP contribution in [0.5, 0.6) is 0 Å². The number of fused-ring (bicyclic) bond motifs is 7. The standard InChI is InChI=1S/C43H68O13/c1-38(2)16-18-43(37(50)52-9)19-17-41(6)22(23(43)20-38)10-11-26-40(5)14-13-27(39(3,4)25(40)12-15-42(26,41)7)54-36-31(48)32(30(47)33(56-36)34(49)51-8)55-35-29(46)28(45)24(44)21-53-35/h10,23-33,35-36,44-48H,11-21H2,1-9H3/t23-,24-,25-,26+,27-,28-,29+,30-,31+,32-,33-,35-,36+,40-,41+,42+,43-/m0/s1. The molecule has 2 aliphatic heterocycles. The molecule has 0 unspecified atom stereocenters. The van der Waals surface area contributed by atoms with Crippen molar-refractivity contribution in [2.45, 2.75) is 174 Å². The Bertz CT molecular complexity index is 1550. The summed E-state index contributed by atoms with van der Waals surface area (Å²) in [4.78, 5) is 26.5. The first-order chi connectivity index (χ1) is 26.1. The van der Waals surface area contributed by atoms with E-state index in [0.29, 0.717) is 12.3 Å². The number of ether oxygens (including phenoxy) is 6. The highest BCUT2D eigenvalue weighted by Crippen LogP contribution is 2.76. The Labute approximate surface area is 331 Å². The molecule has 17 atom stereocenters. The molecule has 0 bridgehead atoms. The second kappa shape index (κ2) is 14.5. The van der Waals surface area contributed by atoms with E-state index < -0.39 is 78.2 Å². The predicted molar refractivity (Wildman–Crippen MR) is 201 cm³/mol. The van der Waals surface area contributed by atoms with Gasteiger partial charge in [-0.1, -0.05) is 60.1 Å². The molecule has 5 aliphatic carbocycles. The molecule has 0 spiro atoms. The number of methoxy groups -OCH3 is 2. The molecule has 2 saturated heterocycles. The summed E-state index contributed by atoms with van der Waals surface area (Å²) >= 11 is 0. The quantitative estimate of drug-likeness (QED) is 0.149. The van der Waals surface area contributed by atoms with Crippen LogP contribution in [0.1, 0.15) is 113 Å². The average Bonchev–Trinajstić information content (AvgIpc) is 3.14. The zero-order valence-electron chi connectivity index (χ0n) is 34.9. The molecule has 0 amide bonds. The topological polar surface area (TPSA) is 191 Å². The van der Waals surface area contributed by atoms with Crippen LogP contribution >= 0.6 is 0 Å². The fraction of sp³-hybridized carbons (Fsp3) is 0.907. The maximum atomic E-state index is 13.6. The molecular formula is C43H68O13. The summed E-state index contributed by atoms with van der Waals surface area (Å²) in [5.41, 5.74) is 0.715. The lowest BCUT2D eigenvalue weighted by atomic mass is 9.33. The lowest BCUT2D eigenvalue weighted by Gasteiger charge is -2.71. The molecule has 7 rings (SSSR count). The third-order valence-electron chi connectivity index (χ3n) is 17.2. The predicted octanol–water partition coefficient (Wildman–Crippen LogP) is 3.79. The largest absolute Gasteiger partial charge is 0.469 e. The van der Waals surface area contributed by atoms with Crippen molar-refractivity contribution >= 4 is 11.9 Å². The van der Waals surface area contributed by atoms with E-state index in [2.05, 4.69) is 54.5 Å². The van der Waals surface area contributed by atoms with Crippen molar-refractivity contribution in [3.8, 4) is 0 Å².